The van der Waals surface area contributed by atoms with Crippen molar-refractivity contribution in [2.24, 2.45) is 0 Å². The van der Waals surface area contributed by atoms with Gasteiger partial charge in [-0.15, -0.1) is 17.0 Å². The van der Waals surface area contributed by atoms with Gasteiger partial charge >= 0.3 is 0 Å². The summed E-state index contributed by atoms with van der Waals surface area (Å²) in [4.78, 5) is 0. The third kappa shape index (κ3) is 11.4. The number of hydrogen-bond donors (Lipinski definition) is 1. The van der Waals surface area contributed by atoms with Crippen LogP contribution in [0.1, 0.15) is 6.92 Å². The first-order valence-electron chi connectivity index (χ1n) is 1.25. The first-order chi connectivity index (χ1) is 1.91. The van der Waals surface area contributed by atoms with Gasteiger partial charge in [-0.05, 0) is 0 Å². The maximum absolute atomic E-state index is 3.00. The van der Waals surface area contributed by atoms with E-state index < -0.39 is 0 Å². The van der Waals surface area contributed by atoms with Gasteiger partial charge in [-0.1, -0.05) is 6.92 Å². The number of rotatable bonds is 1. The monoisotopic (exact) mass is 203 g/mol. The van der Waals surface area contributed by atoms with Crippen LogP contribution in [0.25, 0.3) is 0 Å². The van der Waals surface area contributed by atoms with Crippen molar-refractivity contribution < 1.29 is 0 Å². The van der Waals surface area contributed by atoms with E-state index in [1.54, 1.807) is 0 Å². The SMILES string of the molecule is Br.CCNBr. The van der Waals surface area contributed by atoms with Crippen molar-refractivity contribution in [1.29, 1.82) is 0 Å². The van der Waals surface area contributed by atoms with Crippen LogP contribution in [-0.4, -0.2) is 6.54 Å². The molecule has 0 aliphatic rings. The van der Waals surface area contributed by atoms with Gasteiger partial charge in [-0.2, -0.15) is 0 Å². The van der Waals surface area contributed by atoms with Gasteiger partial charge in [0.15, 0.2) is 0 Å². The summed E-state index contributed by atoms with van der Waals surface area (Å²) < 4.78 is 2.74. The Morgan fingerprint density at radius 2 is 2.00 bits per heavy atom. The van der Waals surface area contributed by atoms with Gasteiger partial charge in [0, 0.05) is 22.7 Å². The van der Waals surface area contributed by atoms with Crippen molar-refractivity contribution in [2.45, 2.75) is 6.92 Å². The van der Waals surface area contributed by atoms with Gasteiger partial charge in [0.1, 0.15) is 0 Å². The molecule has 1 nitrogen and oxygen atoms in total. The molecule has 0 aromatic rings. The molecule has 0 radical (unpaired) electrons. The summed E-state index contributed by atoms with van der Waals surface area (Å²) in [7, 11) is 0. The van der Waals surface area contributed by atoms with E-state index in [-0.39, 0.29) is 17.0 Å². The topological polar surface area (TPSA) is 12.0 Å². The summed E-state index contributed by atoms with van der Waals surface area (Å²) in [5, 5.41) is 0. The maximum atomic E-state index is 3.00. The zero-order valence-corrected chi connectivity index (χ0v) is 6.29. The Labute approximate surface area is 51.2 Å². The van der Waals surface area contributed by atoms with E-state index in [1.807, 2.05) is 6.92 Å². The Morgan fingerprint density at radius 3 is 2.00 bits per heavy atom. The van der Waals surface area contributed by atoms with E-state index in [2.05, 4.69) is 20.5 Å². The number of hydrogen-bond acceptors (Lipinski definition) is 1. The van der Waals surface area contributed by atoms with E-state index >= 15 is 0 Å². The van der Waals surface area contributed by atoms with Crippen LogP contribution in [0.15, 0.2) is 0 Å². The van der Waals surface area contributed by atoms with Gasteiger partial charge < -0.3 is 0 Å². The molecule has 5 heavy (non-hydrogen) atoms. The Balaban J connectivity index is 0. The zero-order chi connectivity index (χ0) is 3.41. The van der Waals surface area contributed by atoms with Gasteiger partial charge in [-0.25, -0.2) is 0 Å². The van der Waals surface area contributed by atoms with Gasteiger partial charge in [0.2, 0.25) is 0 Å². The van der Waals surface area contributed by atoms with Gasteiger partial charge in [0.25, 0.3) is 0 Å². The average molecular weight is 205 g/mol. The molecule has 0 bridgehead atoms. The quantitative estimate of drug-likeness (QED) is 0.639. The lowest BCUT2D eigenvalue weighted by Gasteiger charge is -1.72. The van der Waals surface area contributed by atoms with Crippen LogP contribution >= 0.6 is 33.1 Å². The normalized spacial score (nSPS) is 6.00. The lowest BCUT2D eigenvalue weighted by atomic mass is 10.8. The Hall–Kier alpha value is 0.920. The first-order valence-corrected chi connectivity index (χ1v) is 2.04. The van der Waals surface area contributed by atoms with Crippen LogP contribution in [0, 0.1) is 0 Å². The second-order valence-corrected chi connectivity index (χ2v) is 1.05. The highest BCUT2D eigenvalue weighted by atomic mass is 79.9. The maximum Gasteiger partial charge on any atom is 0.00874 e. The van der Waals surface area contributed by atoms with E-state index in [9.17, 15) is 0 Å². The third-order valence-corrected chi connectivity index (χ3v) is 0.694. The van der Waals surface area contributed by atoms with E-state index in [1.165, 1.54) is 0 Å². The van der Waals surface area contributed by atoms with Gasteiger partial charge in [0.05, 0.1) is 0 Å². The molecule has 0 amide bonds. The van der Waals surface area contributed by atoms with Crippen molar-refractivity contribution in [2.75, 3.05) is 6.54 Å². The standard InChI is InChI=1S/C2H6BrN.BrH/c1-2-4-3;/h4H,2H2,1H3;1H. The number of nitrogens with one attached hydrogen (secondary N) is 1. The van der Waals surface area contributed by atoms with Crippen LogP contribution in [0.4, 0.5) is 0 Å². The summed E-state index contributed by atoms with van der Waals surface area (Å²) in [5.74, 6) is 0. The highest BCUT2D eigenvalue weighted by Crippen LogP contribution is 1.58. The summed E-state index contributed by atoms with van der Waals surface area (Å²) in [6.45, 7) is 3.01. The molecular weight excluding hydrogens is 198 g/mol. The highest BCUT2D eigenvalue weighted by Gasteiger charge is 1.53. The van der Waals surface area contributed by atoms with Crippen molar-refractivity contribution >= 4 is 33.1 Å². The zero-order valence-electron chi connectivity index (χ0n) is 2.99. The largest absolute Gasteiger partial charge is 0.256 e. The molecule has 0 aliphatic carbocycles. The van der Waals surface area contributed by atoms with Crippen LogP contribution in [0.3, 0.4) is 0 Å². The molecule has 1 N–H and O–H groups in total. The minimum Gasteiger partial charge on any atom is -0.256 e. The fourth-order valence-electron chi connectivity index (χ4n) is 0. The lowest BCUT2D eigenvalue weighted by molar-refractivity contribution is 1.05. The van der Waals surface area contributed by atoms with Crippen molar-refractivity contribution in [3.05, 3.63) is 0 Å². The molecule has 0 aromatic carbocycles. The summed E-state index contributed by atoms with van der Waals surface area (Å²) in [5.41, 5.74) is 0. The fourth-order valence-corrected chi connectivity index (χ4v) is 0. The lowest BCUT2D eigenvalue weighted by Crippen LogP contribution is -1.90. The first kappa shape index (κ1) is 9.33. The van der Waals surface area contributed by atoms with E-state index in [4.69, 9.17) is 0 Å². The second-order valence-electron chi connectivity index (χ2n) is 0.487. The summed E-state index contributed by atoms with van der Waals surface area (Å²) >= 11 is 3.00. The van der Waals surface area contributed by atoms with Crippen molar-refractivity contribution in [1.82, 2.24) is 4.34 Å². The Kier molecular flexibility index (Phi) is 16.5. The molecule has 0 heterocycles. The molecule has 0 atom stereocenters. The molecule has 0 aromatic heterocycles. The van der Waals surface area contributed by atoms with Crippen LogP contribution in [0.2, 0.25) is 0 Å². The van der Waals surface area contributed by atoms with E-state index in [0.717, 1.165) is 6.54 Å². The van der Waals surface area contributed by atoms with Gasteiger partial charge in [-0.3, -0.25) is 4.34 Å². The van der Waals surface area contributed by atoms with Crippen LogP contribution < -0.4 is 4.34 Å². The molecule has 0 saturated carbocycles. The predicted molar refractivity (Wildman–Crippen MR) is 32.9 cm³/mol. The minimum atomic E-state index is 0. The average Bonchev–Trinajstić information content (AvgIpc) is 1.37. The molecule has 0 fully saturated rings. The molecule has 0 unspecified atom stereocenters. The van der Waals surface area contributed by atoms with Crippen molar-refractivity contribution in [3.63, 3.8) is 0 Å². The second kappa shape index (κ2) is 8.87. The smallest absolute Gasteiger partial charge is 0.00874 e. The molecule has 0 spiro atoms. The Bertz CT molecular complexity index is 9.61. The molecule has 34 valence electrons. The molecule has 0 rings (SSSR count). The molecule has 3 heteroatoms. The summed E-state index contributed by atoms with van der Waals surface area (Å²) in [6.07, 6.45) is 0. The molecule has 0 aliphatic heterocycles. The van der Waals surface area contributed by atoms with Crippen LogP contribution in [0.5, 0.6) is 0 Å². The number of halogens is 2. The highest BCUT2D eigenvalue weighted by molar-refractivity contribution is 9.08. The van der Waals surface area contributed by atoms with Crippen LogP contribution in [-0.2, 0) is 0 Å². The van der Waals surface area contributed by atoms with E-state index in [0.29, 0.717) is 0 Å². The third-order valence-electron chi connectivity index (χ3n) is 0.134. The minimum absolute atomic E-state index is 0. The molecule has 0 saturated heterocycles. The molecular formula is C2H7Br2N. The van der Waals surface area contributed by atoms with Crippen molar-refractivity contribution in [3.8, 4) is 0 Å². The predicted octanol–water partition coefficient (Wildman–Crippen LogP) is 1.48. The Morgan fingerprint density at radius 1 is 1.80 bits per heavy atom. The fraction of sp³-hybridized carbons (Fsp3) is 1.00. The summed E-state index contributed by atoms with van der Waals surface area (Å²) in [6, 6.07) is 0.